The van der Waals surface area contributed by atoms with Gasteiger partial charge in [-0.2, -0.15) is 0 Å². The predicted octanol–water partition coefficient (Wildman–Crippen LogP) is 3.70. The molecule has 0 saturated carbocycles. The van der Waals surface area contributed by atoms with E-state index >= 15 is 0 Å². The lowest BCUT2D eigenvalue weighted by molar-refractivity contribution is 0.104. The number of fused-ring (bicyclic) bond motifs is 1. The maximum Gasteiger partial charge on any atom is 0.195 e. The summed E-state index contributed by atoms with van der Waals surface area (Å²) >= 11 is 5.97. The Hall–Kier alpha value is -2.39. The van der Waals surface area contributed by atoms with Crippen molar-refractivity contribution in [2.24, 2.45) is 0 Å². The lowest BCUT2D eigenvalue weighted by atomic mass is 10.0. The molecule has 2 N–H and O–H groups in total. The van der Waals surface area contributed by atoms with E-state index in [1.54, 1.807) is 30.5 Å². The van der Waals surface area contributed by atoms with Gasteiger partial charge in [0, 0.05) is 22.7 Å². The number of anilines is 1. The highest BCUT2D eigenvalue weighted by molar-refractivity contribution is 6.33. The molecule has 0 amide bonds. The van der Waals surface area contributed by atoms with Gasteiger partial charge in [0.25, 0.3) is 0 Å². The molecule has 0 bridgehead atoms. The number of nitrogens with zero attached hydrogens (tertiary/aromatic N) is 1. The maximum atomic E-state index is 12.6. The van der Waals surface area contributed by atoms with Gasteiger partial charge in [0.15, 0.2) is 5.78 Å². The maximum absolute atomic E-state index is 12.6. The summed E-state index contributed by atoms with van der Waals surface area (Å²) in [6.45, 7) is 0. The molecule has 0 aliphatic heterocycles. The second kappa shape index (κ2) is 4.94. The minimum Gasteiger partial charge on any atom is -0.398 e. The van der Waals surface area contributed by atoms with E-state index in [-0.39, 0.29) is 5.78 Å². The molecule has 0 aliphatic carbocycles. The van der Waals surface area contributed by atoms with Crippen LogP contribution in [0.5, 0.6) is 0 Å². The molecule has 3 aromatic rings. The van der Waals surface area contributed by atoms with Crippen LogP contribution >= 0.6 is 11.6 Å². The van der Waals surface area contributed by atoms with Crippen molar-refractivity contribution in [3.8, 4) is 0 Å². The van der Waals surface area contributed by atoms with Crippen LogP contribution in [0.15, 0.2) is 54.7 Å². The fourth-order valence-electron chi connectivity index (χ4n) is 2.11. The normalized spacial score (nSPS) is 10.7. The highest BCUT2D eigenvalue weighted by atomic mass is 35.5. The zero-order valence-electron chi connectivity index (χ0n) is 10.5. The van der Waals surface area contributed by atoms with Crippen molar-refractivity contribution in [1.29, 1.82) is 0 Å². The molecule has 98 valence electrons. The lowest BCUT2D eigenvalue weighted by Gasteiger charge is -2.06. The Labute approximate surface area is 121 Å². The zero-order valence-corrected chi connectivity index (χ0v) is 11.3. The minimum atomic E-state index is -0.115. The van der Waals surface area contributed by atoms with E-state index < -0.39 is 0 Å². The summed E-state index contributed by atoms with van der Waals surface area (Å²) in [6.07, 6.45) is 1.68. The predicted molar refractivity (Wildman–Crippen MR) is 81.0 cm³/mol. The SMILES string of the molecule is Nc1ccc(C(=O)c2cccc3cccnc23)cc1Cl. The summed E-state index contributed by atoms with van der Waals surface area (Å²) in [4.78, 5) is 16.9. The van der Waals surface area contributed by atoms with Crippen molar-refractivity contribution < 1.29 is 4.79 Å². The first-order valence-corrected chi connectivity index (χ1v) is 6.48. The highest BCUT2D eigenvalue weighted by Gasteiger charge is 2.14. The molecule has 2 aromatic carbocycles. The zero-order chi connectivity index (χ0) is 14.1. The number of hydrogen-bond acceptors (Lipinski definition) is 3. The summed E-state index contributed by atoms with van der Waals surface area (Å²) in [5.41, 5.74) is 7.87. The van der Waals surface area contributed by atoms with Crippen molar-refractivity contribution in [3.05, 3.63) is 70.9 Å². The molecule has 0 saturated heterocycles. The number of para-hydroxylation sites is 1. The van der Waals surface area contributed by atoms with Crippen LogP contribution in [0.4, 0.5) is 5.69 Å². The summed E-state index contributed by atoms with van der Waals surface area (Å²) in [5, 5.41) is 1.31. The third-order valence-electron chi connectivity index (χ3n) is 3.14. The molecule has 3 rings (SSSR count). The second-order valence-electron chi connectivity index (χ2n) is 4.45. The number of carbonyl (C=O) groups is 1. The Bertz CT molecular complexity index is 809. The average molecular weight is 283 g/mol. The molecule has 4 heteroatoms. The fourth-order valence-corrected chi connectivity index (χ4v) is 2.29. The Kier molecular flexibility index (Phi) is 3.12. The molecule has 0 spiro atoms. The van der Waals surface area contributed by atoms with E-state index in [0.717, 1.165) is 5.39 Å². The molecule has 0 fully saturated rings. The Morgan fingerprint density at radius 1 is 1.10 bits per heavy atom. The van der Waals surface area contributed by atoms with Crippen LogP contribution in [0.25, 0.3) is 10.9 Å². The van der Waals surface area contributed by atoms with Crippen molar-refractivity contribution in [1.82, 2.24) is 4.98 Å². The standard InChI is InChI=1S/C16H11ClN2O/c17-13-9-11(6-7-14(13)18)16(20)12-5-1-3-10-4-2-8-19-15(10)12/h1-9H,18H2. The molecule has 20 heavy (non-hydrogen) atoms. The average Bonchev–Trinajstić information content (AvgIpc) is 2.49. The fraction of sp³-hybridized carbons (Fsp3) is 0. The molecular weight excluding hydrogens is 272 g/mol. The van der Waals surface area contributed by atoms with Gasteiger partial charge < -0.3 is 5.73 Å². The third-order valence-corrected chi connectivity index (χ3v) is 3.47. The van der Waals surface area contributed by atoms with E-state index in [0.29, 0.717) is 27.4 Å². The topological polar surface area (TPSA) is 56.0 Å². The van der Waals surface area contributed by atoms with Crippen LogP contribution in [-0.4, -0.2) is 10.8 Å². The number of halogens is 1. The van der Waals surface area contributed by atoms with Crippen LogP contribution in [-0.2, 0) is 0 Å². The van der Waals surface area contributed by atoms with E-state index in [2.05, 4.69) is 4.98 Å². The number of nitrogen functional groups attached to an aromatic ring is 1. The molecule has 1 aromatic heterocycles. The van der Waals surface area contributed by atoms with Gasteiger partial charge in [0.2, 0.25) is 0 Å². The van der Waals surface area contributed by atoms with E-state index in [4.69, 9.17) is 17.3 Å². The summed E-state index contributed by atoms with van der Waals surface area (Å²) in [6, 6.07) is 14.2. The van der Waals surface area contributed by atoms with E-state index in [9.17, 15) is 4.79 Å². The number of ketones is 1. The molecule has 3 nitrogen and oxygen atoms in total. The Balaban J connectivity index is 2.15. The van der Waals surface area contributed by atoms with Crippen molar-refractivity contribution in [2.75, 3.05) is 5.73 Å². The van der Waals surface area contributed by atoms with Gasteiger partial charge in [-0.1, -0.05) is 29.8 Å². The molecule has 0 atom stereocenters. The smallest absolute Gasteiger partial charge is 0.195 e. The van der Waals surface area contributed by atoms with Crippen LogP contribution in [0.3, 0.4) is 0 Å². The first-order chi connectivity index (χ1) is 9.66. The minimum absolute atomic E-state index is 0.115. The van der Waals surface area contributed by atoms with Crippen LogP contribution in [0, 0.1) is 0 Å². The largest absolute Gasteiger partial charge is 0.398 e. The molecule has 0 unspecified atom stereocenters. The van der Waals surface area contributed by atoms with Gasteiger partial charge in [0.1, 0.15) is 0 Å². The summed E-state index contributed by atoms with van der Waals surface area (Å²) < 4.78 is 0. The quantitative estimate of drug-likeness (QED) is 0.576. The first-order valence-electron chi connectivity index (χ1n) is 6.10. The molecule has 0 aliphatic rings. The Morgan fingerprint density at radius 3 is 2.70 bits per heavy atom. The number of pyridine rings is 1. The molecule has 1 heterocycles. The van der Waals surface area contributed by atoms with Gasteiger partial charge in [-0.25, -0.2) is 0 Å². The van der Waals surface area contributed by atoms with Gasteiger partial charge >= 0.3 is 0 Å². The number of rotatable bonds is 2. The van der Waals surface area contributed by atoms with Crippen molar-refractivity contribution >= 4 is 34.0 Å². The van der Waals surface area contributed by atoms with Gasteiger partial charge in [0.05, 0.1) is 16.2 Å². The van der Waals surface area contributed by atoms with Crippen molar-refractivity contribution in [3.63, 3.8) is 0 Å². The summed E-state index contributed by atoms with van der Waals surface area (Å²) in [5.74, 6) is -0.115. The van der Waals surface area contributed by atoms with E-state index in [1.165, 1.54) is 0 Å². The van der Waals surface area contributed by atoms with Crippen molar-refractivity contribution in [2.45, 2.75) is 0 Å². The number of carbonyl (C=O) groups excluding carboxylic acids is 1. The summed E-state index contributed by atoms with van der Waals surface area (Å²) in [7, 11) is 0. The third kappa shape index (κ3) is 2.12. The molecule has 0 radical (unpaired) electrons. The second-order valence-corrected chi connectivity index (χ2v) is 4.85. The van der Waals surface area contributed by atoms with E-state index in [1.807, 2.05) is 24.3 Å². The monoisotopic (exact) mass is 282 g/mol. The number of nitrogens with two attached hydrogens (primary N) is 1. The van der Waals surface area contributed by atoms with Gasteiger partial charge in [-0.3, -0.25) is 9.78 Å². The molecular formula is C16H11ClN2O. The van der Waals surface area contributed by atoms with Gasteiger partial charge in [-0.15, -0.1) is 0 Å². The number of aromatic nitrogens is 1. The van der Waals surface area contributed by atoms with Crippen LogP contribution < -0.4 is 5.73 Å². The lowest BCUT2D eigenvalue weighted by Crippen LogP contribution is -2.03. The number of benzene rings is 2. The van der Waals surface area contributed by atoms with Crippen LogP contribution in [0.2, 0.25) is 5.02 Å². The van der Waals surface area contributed by atoms with Gasteiger partial charge in [-0.05, 0) is 30.3 Å². The number of hydrogen-bond donors (Lipinski definition) is 1. The van der Waals surface area contributed by atoms with Crippen LogP contribution in [0.1, 0.15) is 15.9 Å². The first kappa shape index (κ1) is 12.6. The Morgan fingerprint density at radius 2 is 1.90 bits per heavy atom. The highest BCUT2D eigenvalue weighted by Crippen LogP contribution is 2.24.